The van der Waals surface area contributed by atoms with E-state index in [4.69, 9.17) is 0 Å². The summed E-state index contributed by atoms with van der Waals surface area (Å²) in [6, 6.07) is 9.87. The van der Waals surface area contributed by atoms with Crippen molar-refractivity contribution in [2.45, 2.75) is 70.1 Å². The molecule has 2 unspecified atom stereocenters. The number of fused-ring (bicyclic) bond motifs is 2. The monoisotopic (exact) mass is 640 g/mol. The molecule has 0 nitrogen and oxygen atoms in total. The van der Waals surface area contributed by atoms with Gasteiger partial charge in [-0.15, -0.1) is 0 Å². The topological polar surface area (TPSA) is 0 Å². The molecular weight excluding hydrogens is 599 g/mol. The third-order valence-corrected chi connectivity index (χ3v) is 174. The molecule has 0 aromatic heterocycles. The van der Waals surface area contributed by atoms with Gasteiger partial charge in [-0.3, -0.25) is 0 Å². The molecule has 0 N–H and O–H groups in total. The Bertz CT molecular complexity index is 1150. The number of allylic oxidation sites excluding steroid dienone is 2. The minimum absolute atomic E-state index is 0.0380. The standard InChI is InChI=1S/2C13H15.2CH3.Hf.H4Si3/c2*1-3-10-8-9-11(4-2)13-7-5-6-12(10)13;;;;1-2-3-1/h2*5-9H,3-4H2,1-2H3;2*1H3;;1-2H2. The van der Waals surface area contributed by atoms with Gasteiger partial charge in [0.05, 0.1) is 0 Å². The van der Waals surface area contributed by atoms with Crippen LogP contribution in [0.1, 0.15) is 79.6 Å². The van der Waals surface area contributed by atoms with E-state index in [1.807, 2.05) is 11.1 Å². The van der Waals surface area contributed by atoms with Crippen molar-refractivity contribution in [1.29, 1.82) is 0 Å². The van der Waals surface area contributed by atoms with Crippen LogP contribution in [0, 0.1) is 0 Å². The predicted molar refractivity (Wildman–Crippen MR) is 149 cm³/mol. The molecule has 1 heterocycles. The normalized spacial score (nSPS) is 22.8. The molecule has 4 heteroatoms. The molecule has 32 heavy (non-hydrogen) atoms. The second kappa shape index (κ2) is 8.28. The van der Waals surface area contributed by atoms with E-state index in [1.165, 1.54) is 12.8 Å². The molecule has 0 spiro atoms. The van der Waals surface area contributed by atoms with Crippen LogP contribution in [0.25, 0.3) is 12.2 Å². The number of rotatable bonds is 6. The second-order valence-electron chi connectivity index (χ2n) is 11.2. The zero-order chi connectivity index (χ0) is 22.7. The Hall–Kier alpha value is -0.559. The van der Waals surface area contributed by atoms with Gasteiger partial charge in [0.2, 0.25) is 0 Å². The minimum atomic E-state index is -3.31. The average molecular weight is 639 g/mol. The van der Waals surface area contributed by atoms with Gasteiger partial charge in [-0.2, -0.15) is 0 Å². The number of hydrogen-bond donors (Lipinski definition) is 0. The van der Waals surface area contributed by atoms with Crippen LogP contribution in [0.3, 0.4) is 0 Å². The first-order valence-electron chi connectivity index (χ1n) is 13.1. The van der Waals surface area contributed by atoms with Crippen LogP contribution in [0.4, 0.5) is 0 Å². The van der Waals surface area contributed by atoms with Crippen molar-refractivity contribution in [3.63, 3.8) is 0 Å². The van der Waals surface area contributed by atoms with Gasteiger partial charge in [0, 0.05) is 0 Å². The number of hydrogen-bond acceptors (Lipinski definition) is 0. The van der Waals surface area contributed by atoms with Crippen molar-refractivity contribution < 1.29 is 17.1 Å². The Kier molecular flexibility index (Phi) is 6.00. The summed E-state index contributed by atoms with van der Waals surface area (Å²) in [5, 5.41) is 0. The molecule has 5 rings (SSSR count). The molecule has 0 saturated carbocycles. The van der Waals surface area contributed by atoms with Gasteiger partial charge in [-0.05, 0) is 0 Å². The molecule has 168 valence electrons. The summed E-state index contributed by atoms with van der Waals surface area (Å²) in [7, 11) is 0.711. The Morgan fingerprint density at radius 3 is 1.38 bits per heavy atom. The first-order valence-corrected chi connectivity index (χ1v) is 40.0. The Morgan fingerprint density at radius 2 is 1.03 bits per heavy atom. The van der Waals surface area contributed by atoms with Crippen LogP contribution in [-0.4, -0.2) is 21.6 Å². The van der Waals surface area contributed by atoms with Crippen LogP contribution in [0.2, 0.25) is 9.36 Å². The Labute approximate surface area is 200 Å². The van der Waals surface area contributed by atoms with Gasteiger partial charge < -0.3 is 0 Å². The third kappa shape index (κ3) is 3.19. The Morgan fingerprint density at radius 1 is 0.656 bits per heavy atom. The molecule has 1 aliphatic heterocycles. The Balaban J connectivity index is 1.79. The summed E-state index contributed by atoms with van der Waals surface area (Å²) in [5.74, 6) is 0. The first kappa shape index (κ1) is 23.2. The molecule has 2 aliphatic carbocycles. The molecule has 1 fully saturated rings. The molecule has 2 aromatic rings. The molecule has 2 aromatic carbocycles. The van der Waals surface area contributed by atoms with Crippen LogP contribution in [0.5, 0.6) is 0 Å². The molecule has 2 atom stereocenters. The molecular formula is C28H40HfSi3. The van der Waals surface area contributed by atoms with Crippen LogP contribution < -0.4 is 0 Å². The predicted octanol–water partition coefficient (Wildman–Crippen LogP) is 5.81. The summed E-state index contributed by atoms with van der Waals surface area (Å²) in [5.41, 5.74) is 13.4. The SMILES string of the molecule is CCc1ccc(CC)c2c1C=C[CH]2[Hf]([CH3])([CH3])([CH]1C=Cc2c(CC)ccc(CC)c21)=[Si]1[SiH2][SiH2]1. The summed E-state index contributed by atoms with van der Waals surface area (Å²) in [6.07, 6.45) is 15.4. The van der Waals surface area contributed by atoms with E-state index in [1.54, 1.807) is 33.4 Å². The third-order valence-electron chi connectivity index (χ3n) is 9.52. The van der Waals surface area contributed by atoms with Crippen molar-refractivity contribution >= 4 is 33.8 Å². The fraction of sp³-hybridized carbons (Fsp3) is 0.429. The van der Waals surface area contributed by atoms with Crippen LogP contribution in [0.15, 0.2) is 36.4 Å². The van der Waals surface area contributed by atoms with E-state index >= 15 is 0 Å². The number of benzene rings is 2. The van der Waals surface area contributed by atoms with E-state index in [-0.39, 0.29) is 4.53 Å². The van der Waals surface area contributed by atoms with Gasteiger partial charge in [-0.1, -0.05) is 0 Å². The van der Waals surface area contributed by atoms with Crippen molar-refractivity contribution in [2.75, 3.05) is 0 Å². The van der Waals surface area contributed by atoms with Crippen molar-refractivity contribution in [3.8, 4) is 0 Å². The fourth-order valence-electron chi connectivity index (χ4n) is 7.36. The van der Waals surface area contributed by atoms with Gasteiger partial charge in [0.25, 0.3) is 0 Å². The van der Waals surface area contributed by atoms with E-state index in [0.717, 1.165) is 20.2 Å². The summed E-state index contributed by atoms with van der Waals surface area (Å²) in [6.45, 7) is 9.46. The second-order valence-corrected chi connectivity index (χ2v) is 92.6. The molecule has 0 bridgehead atoms. The zero-order valence-electron chi connectivity index (χ0n) is 21.0. The van der Waals surface area contributed by atoms with Gasteiger partial charge in [0.1, 0.15) is 0 Å². The molecule has 0 radical (unpaired) electrons. The van der Waals surface area contributed by atoms with Gasteiger partial charge in [-0.25, -0.2) is 0 Å². The van der Waals surface area contributed by atoms with Crippen molar-refractivity contribution in [1.82, 2.24) is 0 Å². The zero-order valence-corrected chi connectivity index (χ0v) is 28.4. The maximum atomic E-state index is 2.99. The maximum absolute atomic E-state index is 3.31. The molecule has 3 aliphatic rings. The average Bonchev–Trinajstić information content (AvgIpc) is 3.42. The van der Waals surface area contributed by atoms with Gasteiger partial charge >= 0.3 is 202 Å². The van der Waals surface area contributed by atoms with Crippen LogP contribution in [-0.2, 0) is 42.8 Å². The molecule has 0 amide bonds. The summed E-state index contributed by atoms with van der Waals surface area (Å²) in [4.78, 5) is 0. The quantitative estimate of drug-likeness (QED) is 0.351. The summed E-state index contributed by atoms with van der Waals surface area (Å²) >= 11 is -3.31. The molecule has 1 saturated heterocycles. The van der Waals surface area contributed by atoms with Crippen molar-refractivity contribution in [2.24, 2.45) is 0 Å². The van der Waals surface area contributed by atoms with E-state index in [9.17, 15) is 0 Å². The van der Waals surface area contributed by atoms with E-state index in [2.05, 4.69) is 85.6 Å². The fourth-order valence-corrected chi connectivity index (χ4v) is 273. The van der Waals surface area contributed by atoms with Gasteiger partial charge in [0.15, 0.2) is 0 Å². The number of aryl methyl sites for hydroxylation is 4. The van der Waals surface area contributed by atoms with E-state index in [0.29, 0.717) is 17.1 Å². The van der Waals surface area contributed by atoms with Crippen LogP contribution >= 0.6 is 0 Å². The summed E-state index contributed by atoms with van der Waals surface area (Å²) < 4.78 is 7.62. The van der Waals surface area contributed by atoms with Crippen molar-refractivity contribution in [3.05, 3.63) is 80.9 Å². The van der Waals surface area contributed by atoms with E-state index < -0.39 is 17.1 Å². The first-order chi connectivity index (χ1) is 15.4.